The number of aromatic nitrogens is 3. The van der Waals surface area contributed by atoms with Crippen LogP contribution in [0.25, 0.3) is 88.5 Å². The number of nitrogens with zero attached hydrogens (tertiary/aromatic N) is 3. The van der Waals surface area contributed by atoms with Gasteiger partial charge in [0.15, 0.2) is 28.9 Å². The van der Waals surface area contributed by atoms with E-state index in [0.29, 0.717) is 0 Å². The van der Waals surface area contributed by atoms with Crippen molar-refractivity contribution in [2.75, 3.05) is 0 Å². The molecule has 312 valence electrons. The van der Waals surface area contributed by atoms with E-state index in [9.17, 15) is 0 Å². The highest BCUT2D eigenvalue weighted by molar-refractivity contribution is 6.88. The van der Waals surface area contributed by atoms with Gasteiger partial charge in [0.1, 0.15) is 22.5 Å². The Balaban J connectivity index is 1.20. The van der Waals surface area contributed by atoms with E-state index in [1.54, 1.807) is 0 Å². The molecule has 10 aromatic rings. The van der Waals surface area contributed by atoms with Crippen molar-refractivity contribution in [3.8, 4) is 28.3 Å². The van der Waals surface area contributed by atoms with Crippen LogP contribution in [0, 0.1) is 0 Å². The quantitative estimate of drug-likeness (QED) is 0.0967. The van der Waals surface area contributed by atoms with Gasteiger partial charge in [0.25, 0.3) is 0 Å². The Morgan fingerprint density at radius 2 is 1.48 bits per heavy atom. The molecule has 0 saturated carbocycles. The van der Waals surface area contributed by atoms with Crippen LogP contribution in [0.15, 0.2) is 151 Å². The SMILES string of the molecule is C=C1CC2C(CCc3ccc4c5oc6c4ccc4c7ccccc7cc(c46)C(C)c4cccc(C(C)C)c4-n4c([n+]1c1ccccc14)-c35)c1ccccc1-c1ccc([Si](C)(C)C)c[n+]12. The number of aryl methyl sites for hydroxylation is 1. The van der Waals surface area contributed by atoms with Gasteiger partial charge in [-0.1, -0.05) is 144 Å². The molecule has 0 aliphatic carbocycles. The fourth-order valence-corrected chi connectivity index (χ4v) is 13.4. The molecule has 0 saturated heterocycles. The molecule has 5 heteroatoms. The van der Waals surface area contributed by atoms with Gasteiger partial charge in [-0.05, 0) is 81.9 Å². The average molecular weight is 848 g/mol. The fraction of sp³-hybridized carbons (Fsp3) is 0.220. The van der Waals surface area contributed by atoms with E-state index in [1.165, 1.54) is 93.5 Å². The lowest BCUT2D eigenvalue weighted by molar-refractivity contribution is -0.719. The van der Waals surface area contributed by atoms with E-state index >= 15 is 0 Å². The maximum absolute atomic E-state index is 7.62. The summed E-state index contributed by atoms with van der Waals surface area (Å²) in [6, 6.07) is 51.2. The summed E-state index contributed by atoms with van der Waals surface area (Å²) < 4.78 is 15.5. The van der Waals surface area contributed by atoms with Gasteiger partial charge in [-0.3, -0.25) is 0 Å². The standard InChI is InChI=1S/C59H53N3OSi/c1-34(2)40-19-14-20-41-36(4)49-32-38-15-8-9-16-42(38)46-28-29-48-47-27-24-37-23-26-45-43-17-10-11-18-44(43)50-30-25-39(64(5,6)7)33-60(50)53(45)31-35(3)61-51-21-12-13-22-52(51)62(56(40)41)59(61)54(37)57(47)63-58(48)55(46)49/h8-22,24-25,27-30,32-34,36,45,53H,3,23,26,31H2,1-2,4-7H3/q+2. The minimum Gasteiger partial charge on any atom is -0.454 e. The summed E-state index contributed by atoms with van der Waals surface area (Å²) in [6.45, 7) is 19.7. The zero-order valence-corrected chi connectivity index (χ0v) is 38.7. The summed E-state index contributed by atoms with van der Waals surface area (Å²) in [5, 5.41) is 8.80. The van der Waals surface area contributed by atoms with Gasteiger partial charge < -0.3 is 4.42 Å². The maximum atomic E-state index is 7.62. The lowest BCUT2D eigenvalue weighted by Crippen LogP contribution is -2.53. The van der Waals surface area contributed by atoms with Crippen molar-refractivity contribution >= 4 is 73.5 Å². The van der Waals surface area contributed by atoms with Crippen LogP contribution in [-0.2, 0) is 6.42 Å². The summed E-state index contributed by atoms with van der Waals surface area (Å²) in [6.07, 6.45) is 5.23. The van der Waals surface area contributed by atoms with E-state index < -0.39 is 8.07 Å². The lowest BCUT2D eigenvalue weighted by atomic mass is 9.77. The highest BCUT2D eigenvalue weighted by atomic mass is 28.3. The van der Waals surface area contributed by atoms with Crippen molar-refractivity contribution in [1.82, 2.24) is 4.57 Å². The molecule has 0 amide bonds. The van der Waals surface area contributed by atoms with Crippen LogP contribution in [0.3, 0.4) is 0 Å². The summed E-state index contributed by atoms with van der Waals surface area (Å²) in [5.41, 5.74) is 17.2. The molecule has 3 aliphatic heterocycles. The number of para-hydroxylation sites is 3. The van der Waals surface area contributed by atoms with Gasteiger partial charge in [-0.25, -0.2) is 0 Å². The number of hydrogen-bond donors (Lipinski definition) is 0. The van der Waals surface area contributed by atoms with Crippen molar-refractivity contribution in [1.29, 1.82) is 0 Å². The molecule has 3 aromatic heterocycles. The highest BCUT2D eigenvalue weighted by Gasteiger charge is 2.45. The molecule has 3 unspecified atom stereocenters. The Morgan fingerprint density at radius 1 is 0.734 bits per heavy atom. The zero-order valence-electron chi connectivity index (χ0n) is 37.7. The predicted molar refractivity (Wildman–Crippen MR) is 268 cm³/mol. The Bertz CT molecular complexity index is 3670. The lowest BCUT2D eigenvalue weighted by Gasteiger charge is -2.32. The summed E-state index contributed by atoms with van der Waals surface area (Å²) >= 11 is 0. The smallest absolute Gasteiger partial charge is 0.304 e. The number of benzene rings is 7. The summed E-state index contributed by atoms with van der Waals surface area (Å²) in [7, 11) is -1.63. The molecular formula is C59H53N3OSi+2. The second-order valence-corrected chi connectivity index (χ2v) is 25.4. The van der Waals surface area contributed by atoms with Crippen LogP contribution in [0.5, 0.6) is 0 Å². The Labute approximate surface area is 375 Å². The second-order valence-electron chi connectivity index (χ2n) is 20.3. The fourth-order valence-electron chi connectivity index (χ4n) is 12.3. The third-order valence-electron chi connectivity index (χ3n) is 15.4. The van der Waals surface area contributed by atoms with E-state index in [0.717, 1.165) is 47.3 Å². The van der Waals surface area contributed by atoms with E-state index in [4.69, 9.17) is 11.0 Å². The molecule has 6 heterocycles. The van der Waals surface area contributed by atoms with E-state index in [-0.39, 0.29) is 23.8 Å². The minimum atomic E-state index is -1.63. The number of hydrogen-bond acceptors (Lipinski definition) is 1. The number of furan rings is 1. The maximum Gasteiger partial charge on any atom is 0.304 e. The zero-order chi connectivity index (χ0) is 43.3. The van der Waals surface area contributed by atoms with Crippen LogP contribution in [0.4, 0.5) is 0 Å². The molecular weight excluding hydrogens is 795 g/mol. The van der Waals surface area contributed by atoms with Crippen LogP contribution in [-0.4, -0.2) is 12.6 Å². The molecule has 0 spiro atoms. The molecule has 2 bridgehead atoms. The first-order chi connectivity index (χ1) is 31.1. The van der Waals surface area contributed by atoms with Crippen molar-refractivity contribution < 1.29 is 13.6 Å². The largest absolute Gasteiger partial charge is 0.454 e. The normalized spacial score (nSPS) is 18.0. The predicted octanol–water partition coefficient (Wildman–Crippen LogP) is 14.0. The Morgan fingerprint density at radius 3 is 2.34 bits per heavy atom. The molecule has 64 heavy (non-hydrogen) atoms. The number of pyridine rings is 1. The van der Waals surface area contributed by atoms with Gasteiger partial charge in [-0.2, -0.15) is 13.7 Å². The number of fused-ring (bicyclic) bond motifs is 14. The summed E-state index contributed by atoms with van der Waals surface area (Å²) in [4.78, 5) is 0. The topological polar surface area (TPSA) is 25.8 Å². The molecule has 3 atom stereocenters. The van der Waals surface area contributed by atoms with E-state index in [1.807, 2.05) is 0 Å². The van der Waals surface area contributed by atoms with Gasteiger partial charge in [0.05, 0.1) is 14.5 Å². The summed E-state index contributed by atoms with van der Waals surface area (Å²) in [5.74, 6) is 1.75. The van der Waals surface area contributed by atoms with Gasteiger partial charge in [0.2, 0.25) is 5.69 Å². The first-order valence-electron chi connectivity index (χ1n) is 23.4. The first-order valence-corrected chi connectivity index (χ1v) is 26.9. The van der Waals surface area contributed by atoms with Crippen molar-refractivity contribution in [3.05, 3.63) is 174 Å². The van der Waals surface area contributed by atoms with Crippen LogP contribution in [0.2, 0.25) is 19.6 Å². The van der Waals surface area contributed by atoms with Crippen LogP contribution >= 0.6 is 0 Å². The molecule has 0 radical (unpaired) electrons. The average Bonchev–Trinajstić information content (AvgIpc) is 3.85. The monoisotopic (exact) mass is 847 g/mol. The van der Waals surface area contributed by atoms with Gasteiger partial charge in [0, 0.05) is 55.9 Å². The van der Waals surface area contributed by atoms with Crippen molar-refractivity contribution in [2.24, 2.45) is 0 Å². The van der Waals surface area contributed by atoms with E-state index in [2.05, 4.69) is 194 Å². The van der Waals surface area contributed by atoms with Crippen molar-refractivity contribution in [3.63, 3.8) is 0 Å². The Kier molecular flexibility index (Phi) is 7.99. The van der Waals surface area contributed by atoms with Crippen LogP contribution in [0.1, 0.15) is 85.2 Å². The minimum absolute atomic E-state index is 0.0490. The molecule has 0 fully saturated rings. The third kappa shape index (κ3) is 5.16. The molecule has 3 aliphatic rings. The first kappa shape index (κ1) is 37.9. The van der Waals surface area contributed by atoms with Gasteiger partial charge in [-0.15, -0.1) is 0 Å². The second kappa shape index (κ2) is 13.5. The molecule has 4 nitrogen and oxygen atoms in total. The highest BCUT2D eigenvalue weighted by Crippen LogP contribution is 2.50. The van der Waals surface area contributed by atoms with Gasteiger partial charge >= 0.3 is 5.82 Å². The molecule has 13 rings (SSSR count). The third-order valence-corrected chi connectivity index (χ3v) is 17.4. The molecule has 0 N–H and O–H groups in total. The molecule has 7 aromatic carbocycles. The number of rotatable bonds is 2. The Hall–Kier alpha value is -6.56. The van der Waals surface area contributed by atoms with Crippen LogP contribution < -0.4 is 14.3 Å². The number of allylic oxidation sites excluding steroid dienone is 1. The number of imidazole rings is 1. The van der Waals surface area contributed by atoms with Crippen molar-refractivity contribution in [2.45, 2.75) is 83.5 Å².